The van der Waals surface area contributed by atoms with Gasteiger partial charge in [0, 0.05) is 59.9 Å². The normalized spacial score (nSPS) is 15.2. The van der Waals surface area contributed by atoms with Gasteiger partial charge in [-0.15, -0.1) is 0 Å². The summed E-state index contributed by atoms with van der Waals surface area (Å²) >= 11 is 12.6. The molecule has 1 atom stereocenters. The average Bonchev–Trinajstić information content (AvgIpc) is 2.85. The lowest BCUT2D eigenvalue weighted by Crippen LogP contribution is -2.57. The van der Waals surface area contributed by atoms with Crippen LogP contribution in [-0.2, 0) is 4.57 Å². The lowest BCUT2D eigenvalue weighted by molar-refractivity contribution is 0.216. The quantitative estimate of drug-likeness (QED) is 0.220. The highest BCUT2D eigenvalue weighted by atomic mass is 35.5. The van der Waals surface area contributed by atoms with E-state index in [0.717, 1.165) is 0 Å². The number of pyridine rings is 2. The first-order valence-electron chi connectivity index (χ1n) is 12.3. The Morgan fingerprint density at radius 3 is 2.44 bits per heavy atom. The second-order valence-corrected chi connectivity index (χ2v) is 14.9. The summed E-state index contributed by atoms with van der Waals surface area (Å²) in [5.41, 5.74) is 2.14. The van der Waals surface area contributed by atoms with Crippen LogP contribution >= 0.6 is 30.3 Å². The Hall–Kier alpha value is -3.11. The molecule has 1 aliphatic rings. The van der Waals surface area contributed by atoms with Crippen molar-refractivity contribution in [3.8, 4) is 17.6 Å². The van der Waals surface area contributed by atoms with Gasteiger partial charge in [-0.05, 0) is 44.5 Å². The average molecular weight is 586 g/mol. The molecular formula is C28H30Cl2N5O3P. The summed E-state index contributed by atoms with van der Waals surface area (Å²) < 4.78 is 24.0. The number of nitrogens with one attached hydrogen (secondary N) is 1. The SMILES string of the molecule is COc1ccc(C(=N)c2cnc(N3CC(C)(CP(C)(C)=O)C3)c(C#N)c2)cc1O[C@H](C)c1c(Cl)cncc1Cl. The summed E-state index contributed by atoms with van der Waals surface area (Å²) in [5.74, 6) is 1.47. The molecule has 3 aromatic rings. The molecule has 0 aliphatic carbocycles. The van der Waals surface area contributed by atoms with Gasteiger partial charge in [0.25, 0.3) is 0 Å². The number of methoxy groups -OCH3 is 1. The topological polar surface area (TPSA) is 112 Å². The Morgan fingerprint density at radius 1 is 1.18 bits per heavy atom. The van der Waals surface area contributed by atoms with E-state index in [4.69, 9.17) is 38.1 Å². The molecule has 8 nitrogen and oxygen atoms in total. The predicted octanol–water partition coefficient (Wildman–Crippen LogP) is 6.67. The van der Waals surface area contributed by atoms with Crippen molar-refractivity contribution < 1.29 is 14.0 Å². The second kappa shape index (κ2) is 11.2. The fourth-order valence-electron chi connectivity index (χ4n) is 5.12. The van der Waals surface area contributed by atoms with E-state index in [1.165, 1.54) is 19.5 Å². The maximum absolute atomic E-state index is 12.3. The molecule has 1 N–H and O–H groups in total. The third-order valence-electron chi connectivity index (χ3n) is 6.54. The van der Waals surface area contributed by atoms with Gasteiger partial charge in [0.15, 0.2) is 11.5 Å². The summed E-state index contributed by atoms with van der Waals surface area (Å²) in [5, 5.41) is 19.5. The first kappa shape index (κ1) is 28.9. The van der Waals surface area contributed by atoms with Crippen LogP contribution in [0.2, 0.25) is 10.0 Å². The molecule has 1 aromatic carbocycles. The zero-order valence-electron chi connectivity index (χ0n) is 22.5. The number of hydrogen-bond acceptors (Lipinski definition) is 8. The van der Waals surface area contributed by atoms with Crippen LogP contribution in [0.3, 0.4) is 0 Å². The predicted molar refractivity (Wildman–Crippen MR) is 156 cm³/mol. The lowest BCUT2D eigenvalue weighted by Gasteiger charge is -2.49. The van der Waals surface area contributed by atoms with Crippen molar-refractivity contribution >= 4 is 41.9 Å². The van der Waals surface area contributed by atoms with Gasteiger partial charge in [-0.1, -0.05) is 30.1 Å². The van der Waals surface area contributed by atoms with Gasteiger partial charge >= 0.3 is 0 Å². The summed E-state index contributed by atoms with van der Waals surface area (Å²) in [6.07, 6.45) is 4.74. The Kier molecular flexibility index (Phi) is 8.28. The Labute approximate surface area is 238 Å². The maximum Gasteiger partial charge on any atom is 0.162 e. The maximum atomic E-state index is 12.3. The minimum absolute atomic E-state index is 0.0693. The number of benzene rings is 1. The third-order valence-corrected chi connectivity index (χ3v) is 8.66. The van der Waals surface area contributed by atoms with Crippen molar-refractivity contribution in [1.29, 1.82) is 10.7 Å². The van der Waals surface area contributed by atoms with E-state index in [1.807, 2.05) is 11.8 Å². The molecule has 1 aliphatic heterocycles. The first-order chi connectivity index (χ1) is 18.3. The van der Waals surface area contributed by atoms with Crippen LogP contribution in [0.4, 0.5) is 5.82 Å². The molecule has 0 amide bonds. The Balaban J connectivity index is 1.57. The van der Waals surface area contributed by atoms with E-state index in [-0.39, 0.29) is 11.1 Å². The minimum atomic E-state index is -2.16. The van der Waals surface area contributed by atoms with E-state index in [2.05, 4.69) is 23.0 Å². The van der Waals surface area contributed by atoms with Gasteiger partial charge in [-0.3, -0.25) is 10.4 Å². The van der Waals surface area contributed by atoms with Crippen LogP contribution in [0.15, 0.2) is 42.9 Å². The summed E-state index contributed by atoms with van der Waals surface area (Å²) in [6.45, 7) is 8.90. The molecule has 0 spiro atoms. The molecule has 2 aromatic heterocycles. The number of rotatable bonds is 9. The molecule has 3 heterocycles. The van der Waals surface area contributed by atoms with E-state index in [9.17, 15) is 9.83 Å². The van der Waals surface area contributed by atoms with Crippen LogP contribution in [0, 0.1) is 22.2 Å². The van der Waals surface area contributed by atoms with Crippen LogP contribution in [0.25, 0.3) is 0 Å². The number of ether oxygens (including phenoxy) is 2. The lowest BCUT2D eigenvalue weighted by atomic mass is 9.84. The van der Waals surface area contributed by atoms with Crippen LogP contribution in [-0.4, -0.2) is 55.4 Å². The van der Waals surface area contributed by atoms with Crippen LogP contribution < -0.4 is 14.4 Å². The third kappa shape index (κ3) is 6.38. The number of anilines is 1. The largest absolute Gasteiger partial charge is 0.493 e. The van der Waals surface area contributed by atoms with E-state index < -0.39 is 13.2 Å². The molecule has 39 heavy (non-hydrogen) atoms. The Bertz CT molecular complexity index is 1490. The highest BCUT2D eigenvalue weighted by Gasteiger charge is 2.42. The molecule has 4 rings (SSSR count). The molecule has 0 unspecified atom stereocenters. The van der Waals surface area contributed by atoms with Crippen molar-refractivity contribution in [3.05, 3.63) is 75.2 Å². The van der Waals surface area contributed by atoms with Gasteiger partial charge in [-0.2, -0.15) is 5.26 Å². The Morgan fingerprint density at radius 2 is 1.85 bits per heavy atom. The van der Waals surface area contributed by atoms with E-state index in [1.54, 1.807) is 43.8 Å². The molecule has 1 fully saturated rings. The van der Waals surface area contributed by atoms with Gasteiger partial charge in [0.2, 0.25) is 0 Å². The first-order valence-corrected chi connectivity index (χ1v) is 15.8. The number of aromatic nitrogens is 2. The highest BCUT2D eigenvalue weighted by Crippen LogP contribution is 2.47. The molecule has 0 radical (unpaired) electrons. The van der Waals surface area contributed by atoms with Gasteiger partial charge < -0.3 is 18.9 Å². The fraction of sp³-hybridized carbons (Fsp3) is 0.357. The number of nitriles is 1. The minimum Gasteiger partial charge on any atom is -0.493 e. The van der Waals surface area contributed by atoms with Gasteiger partial charge in [0.05, 0.1) is 35.6 Å². The van der Waals surface area contributed by atoms with E-state index in [0.29, 0.717) is 68.9 Å². The van der Waals surface area contributed by atoms with Crippen molar-refractivity contribution in [1.82, 2.24) is 9.97 Å². The zero-order valence-corrected chi connectivity index (χ0v) is 24.9. The fourth-order valence-corrected chi connectivity index (χ4v) is 7.83. The number of nitrogens with zero attached hydrogens (tertiary/aromatic N) is 4. The monoisotopic (exact) mass is 585 g/mol. The van der Waals surface area contributed by atoms with Crippen molar-refractivity contribution in [2.75, 3.05) is 44.6 Å². The molecule has 1 saturated heterocycles. The van der Waals surface area contributed by atoms with Crippen molar-refractivity contribution in [2.24, 2.45) is 5.41 Å². The summed E-state index contributed by atoms with van der Waals surface area (Å²) in [7, 11) is -0.627. The van der Waals surface area contributed by atoms with Crippen molar-refractivity contribution in [2.45, 2.75) is 20.0 Å². The summed E-state index contributed by atoms with van der Waals surface area (Å²) in [4.78, 5) is 10.6. The van der Waals surface area contributed by atoms with Crippen LogP contribution in [0.5, 0.6) is 11.5 Å². The van der Waals surface area contributed by atoms with Gasteiger partial charge in [0.1, 0.15) is 18.0 Å². The molecule has 11 heteroatoms. The smallest absolute Gasteiger partial charge is 0.162 e. The second-order valence-electron chi connectivity index (χ2n) is 10.6. The van der Waals surface area contributed by atoms with Crippen molar-refractivity contribution in [3.63, 3.8) is 0 Å². The molecule has 204 valence electrons. The summed E-state index contributed by atoms with van der Waals surface area (Å²) in [6, 6.07) is 9.07. The molecule has 0 saturated carbocycles. The van der Waals surface area contributed by atoms with Gasteiger partial charge in [-0.25, -0.2) is 4.98 Å². The van der Waals surface area contributed by atoms with E-state index >= 15 is 0 Å². The number of halogens is 2. The number of hydrogen-bond donors (Lipinski definition) is 1. The van der Waals surface area contributed by atoms with Crippen LogP contribution in [0.1, 0.15) is 42.2 Å². The molecular weight excluding hydrogens is 556 g/mol. The highest BCUT2D eigenvalue weighted by molar-refractivity contribution is 7.62. The molecule has 0 bridgehead atoms. The zero-order chi connectivity index (χ0) is 28.5. The standard InChI is InChI=1S/C28H30Cl2N5O3P/c1-17(25-21(29)12-33-13-22(25)30)38-24-9-18(6-7-23(24)37-3)26(32)20-8-19(10-31)27(34-11-20)35-14-28(2,15-35)16-39(4,5)36/h6-9,11-13,17,32H,14-16H2,1-5H3/t17-/m1/s1.